The Morgan fingerprint density at radius 2 is 1.20 bits per heavy atom. The molecular weight excluding hydrogens is 304 g/mol. The van der Waals surface area contributed by atoms with E-state index in [0.717, 1.165) is 17.1 Å². The minimum absolute atomic E-state index is 0.922. The second-order valence-electron chi connectivity index (χ2n) is 6.85. The summed E-state index contributed by atoms with van der Waals surface area (Å²) in [4.78, 5) is 4.53. The van der Waals surface area contributed by atoms with Gasteiger partial charge in [-0.1, -0.05) is 41.0 Å². The number of anilines is 1. The number of nitrogens with two attached hydrogens (primary N) is 1. The topological polar surface area (TPSA) is 38.9 Å². The Morgan fingerprint density at radius 3 is 1.72 bits per heavy atom. The lowest BCUT2D eigenvalue weighted by atomic mass is 10.0. The van der Waals surface area contributed by atoms with Crippen molar-refractivity contribution in [1.82, 2.24) is 4.98 Å². The van der Waals surface area contributed by atoms with Crippen molar-refractivity contribution in [3.05, 3.63) is 82.0 Å². The molecule has 1 aromatic heterocycles. The van der Waals surface area contributed by atoms with Crippen LogP contribution in [0.15, 0.2) is 48.5 Å². The Morgan fingerprint density at radius 1 is 0.680 bits per heavy atom. The first-order chi connectivity index (χ1) is 11.8. The van der Waals surface area contributed by atoms with Gasteiger partial charge in [0.25, 0.3) is 0 Å². The fourth-order valence-corrected chi connectivity index (χ4v) is 3.02. The van der Waals surface area contributed by atoms with Crippen LogP contribution in [0.1, 0.15) is 33.5 Å². The lowest BCUT2D eigenvalue weighted by molar-refractivity contribution is 1.20. The predicted molar refractivity (Wildman–Crippen MR) is 109 cm³/mol. The van der Waals surface area contributed by atoms with Crippen LogP contribution in [-0.4, -0.2) is 4.98 Å². The Labute approximate surface area is 151 Å². The highest BCUT2D eigenvalue weighted by Crippen LogP contribution is 2.20. The molecule has 0 atom stereocenters. The number of aromatic nitrogens is 1. The molecule has 3 aromatic rings. The van der Waals surface area contributed by atoms with Crippen LogP contribution in [0.3, 0.4) is 0 Å². The molecule has 130 valence electrons. The predicted octanol–water partition coefficient (Wildman–Crippen LogP) is 5.87. The molecule has 0 aliphatic carbocycles. The Kier molecular flexibility index (Phi) is 5.97. The van der Waals surface area contributed by atoms with Crippen LogP contribution in [0, 0.1) is 41.5 Å². The highest BCUT2D eigenvalue weighted by atomic mass is 14.7. The molecule has 2 aromatic carbocycles. The maximum atomic E-state index is 5.75. The molecule has 0 aliphatic rings. The molecule has 1 heterocycles. The quantitative estimate of drug-likeness (QED) is 0.566. The average molecular weight is 332 g/mol. The van der Waals surface area contributed by atoms with Crippen molar-refractivity contribution in [3.8, 4) is 11.3 Å². The van der Waals surface area contributed by atoms with E-state index in [1.165, 1.54) is 33.4 Å². The normalized spacial score (nSPS) is 10.2. The van der Waals surface area contributed by atoms with Gasteiger partial charge in [-0.25, -0.2) is 0 Å². The molecule has 0 saturated heterocycles. The molecule has 0 radical (unpaired) electrons. The van der Waals surface area contributed by atoms with Crippen molar-refractivity contribution in [3.63, 3.8) is 0 Å². The van der Waals surface area contributed by atoms with Gasteiger partial charge in [-0.3, -0.25) is 4.98 Å². The maximum absolute atomic E-state index is 5.75. The SMILES string of the molecule is Cc1cc(C)c(N)c(C)c1.Cc1cc(C)cc(-c2cccc(C)n2)c1. The van der Waals surface area contributed by atoms with E-state index in [1.54, 1.807) is 0 Å². The molecule has 0 aliphatic heterocycles. The zero-order chi connectivity index (χ0) is 18.6. The summed E-state index contributed by atoms with van der Waals surface area (Å²) in [6.07, 6.45) is 0. The Hall–Kier alpha value is -2.61. The lowest BCUT2D eigenvalue weighted by Gasteiger charge is -2.05. The van der Waals surface area contributed by atoms with Crippen molar-refractivity contribution in [1.29, 1.82) is 0 Å². The van der Waals surface area contributed by atoms with Crippen molar-refractivity contribution < 1.29 is 0 Å². The summed E-state index contributed by atoms with van der Waals surface area (Å²) in [7, 11) is 0. The molecule has 0 bridgehead atoms. The van der Waals surface area contributed by atoms with Gasteiger partial charge in [0.05, 0.1) is 5.69 Å². The van der Waals surface area contributed by atoms with Crippen LogP contribution < -0.4 is 5.73 Å². The minimum Gasteiger partial charge on any atom is -0.398 e. The number of rotatable bonds is 1. The van der Waals surface area contributed by atoms with E-state index in [2.05, 4.69) is 68.2 Å². The number of pyridine rings is 1. The summed E-state index contributed by atoms with van der Waals surface area (Å²) in [5.74, 6) is 0. The van der Waals surface area contributed by atoms with Crippen molar-refractivity contribution in [2.24, 2.45) is 0 Å². The van der Waals surface area contributed by atoms with E-state index >= 15 is 0 Å². The van der Waals surface area contributed by atoms with E-state index in [1.807, 2.05) is 26.8 Å². The standard InChI is InChI=1S/C14H15N.C9H13N/c1-10-7-11(2)9-13(8-10)14-6-4-5-12(3)15-14;1-6-4-7(2)9(10)8(3)5-6/h4-9H,1-3H3;4-5H,10H2,1-3H3. The van der Waals surface area contributed by atoms with Crippen LogP contribution in [0.5, 0.6) is 0 Å². The van der Waals surface area contributed by atoms with Gasteiger partial charge in [0.2, 0.25) is 0 Å². The third-order valence-electron chi connectivity index (χ3n) is 4.14. The summed E-state index contributed by atoms with van der Waals surface area (Å²) in [6, 6.07) is 16.9. The number of nitrogen functional groups attached to an aromatic ring is 1. The number of hydrogen-bond acceptors (Lipinski definition) is 2. The highest BCUT2D eigenvalue weighted by Gasteiger charge is 2.00. The minimum atomic E-state index is 0.922. The molecular formula is C23H28N2. The molecule has 2 heteroatoms. The van der Waals surface area contributed by atoms with Crippen LogP contribution in [0.25, 0.3) is 11.3 Å². The van der Waals surface area contributed by atoms with Gasteiger partial charge in [-0.05, 0) is 76.9 Å². The number of aryl methyl sites for hydroxylation is 6. The molecule has 0 fully saturated rings. The van der Waals surface area contributed by atoms with Gasteiger partial charge in [0.15, 0.2) is 0 Å². The summed E-state index contributed by atoms with van der Waals surface area (Å²) in [6.45, 7) is 12.4. The number of benzene rings is 2. The monoisotopic (exact) mass is 332 g/mol. The third kappa shape index (κ3) is 5.18. The maximum Gasteiger partial charge on any atom is 0.0705 e. The Bertz CT molecular complexity index is 836. The van der Waals surface area contributed by atoms with Crippen molar-refractivity contribution >= 4 is 5.69 Å². The average Bonchev–Trinajstić information content (AvgIpc) is 2.52. The third-order valence-corrected chi connectivity index (χ3v) is 4.14. The van der Waals surface area contributed by atoms with Crippen molar-refractivity contribution in [2.45, 2.75) is 41.5 Å². The first-order valence-corrected chi connectivity index (χ1v) is 8.62. The van der Waals surface area contributed by atoms with Crippen molar-refractivity contribution in [2.75, 3.05) is 5.73 Å². The summed E-state index contributed by atoms with van der Waals surface area (Å²) in [5, 5.41) is 0. The van der Waals surface area contributed by atoms with Gasteiger partial charge in [-0.15, -0.1) is 0 Å². The molecule has 3 rings (SSSR count). The molecule has 0 amide bonds. The largest absolute Gasteiger partial charge is 0.398 e. The summed E-state index contributed by atoms with van der Waals surface area (Å²) >= 11 is 0. The number of nitrogens with zero attached hydrogens (tertiary/aromatic N) is 1. The lowest BCUT2D eigenvalue weighted by Crippen LogP contribution is -1.93. The Balaban J connectivity index is 0.000000196. The van der Waals surface area contributed by atoms with Crippen LogP contribution >= 0.6 is 0 Å². The molecule has 0 saturated carbocycles. The van der Waals surface area contributed by atoms with Gasteiger partial charge in [0, 0.05) is 16.9 Å². The zero-order valence-corrected chi connectivity index (χ0v) is 16.1. The molecule has 0 spiro atoms. The van der Waals surface area contributed by atoms with Gasteiger partial charge < -0.3 is 5.73 Å². The van der Waals surface area contributed by atoms with Crippen LogP contribution in [0.4, 0.5) is 5.69 Å². The molecule has 0 unspecified atom stereocenters. The fourth-order valence-electron chi connectivity index (χ4n) is 3.02. The van der Waals surface area contributed by atoms with Crippen LogP contribution in [-0.2, 0) is 0 Å². The first kappa shape index (κ1) is 18.7. The van der Waals surface area contributed by atoms with Gasteiger partial charge in [-0.2, -0.15) is 0 Å². The van der Waals surface area contributed by atoms with E-state index in [4.69, 9.17) is 5.73 Å². The number of hydrogen-bond donors (Lipinski definition) is 1. The van der Waals surface area contributed by atoms with Gasteiger partial charge in [0.1, 0.15) is 0 Å². The molecule has 2 nitrogen and oxygen atoms in total. The zero-order valence-electron chi connectivity index (χ0n) is 16.1. The first-order valence-electron chi connectivity index (χ1n) is 8.62. The van der Waals surface area contributed by atoms with E-state index in [9.17, 15) is 0 Å². The molecule has 2 N–H and O–H groups in total. The second kappa shape index (κ2) is 7.98. The highest BCUT2D eigenvalue weighted by molar-refractivity contribution is 5.61. The fraction of sp³-hybridized carbons (Fsp3) is 0.261. The molecule has 25 heavy (non-hydrogen) atoms. The smallest absolute Gasteiger partial charge is 0.0705 e. The second-order valence-corrected chi connectivity index (χ2v) is 6.85. The van der Waals surface area contributed by atoms with E-state index < -0.39 is 0 Å². The summed E-state index contributed by atoms with van der Waals surface area (Å²) in [5.41, 5.74) is 16.2. The van der Waals surface area contributed by atoms with Gasteiger partial charge >= 0.3 is 0 Å². The van der Waals surface area contributed by atoms with E-state index in [-0.39, 0.29) is 0 Å². The van der Waals surface area contributed by atoms with E-state index in [0.29, 0.717) is 0 Å². The van der Waals surface area contributed by atoms with Crippen LogP contribution in [0.2, 0.25) is 0 Å². The summed E-state index contributed by atoms with van der Waals surface area (Å²) < 4.78 is 0.